The molecule has 4 aromatic rings. The smallest absolute Gasteiger partial charge is 0.327 e. The first kappa shape index (κ1) is 22.6. The molecule has 0 spiro atoms. The number of nitrogens with zero attached hydrogens (tertiary/aromatic N) is 2. The van der Waals surface area contributed by atoms with E-state index in [2.05, 4.69) is 10.3 Å². The summed E-state index contributed by atoms with van der Waals surface area (Å²) in [6.07, 6.45) is 6.41. The van der Waals surface area contributed by atoms with E-state index in [0.29, 0.717) is 6.42 Å². The number of aliphatic carboxylic acids is 1. The van der Waals surface area contributed by atoms with Crippen LogP contribution in [0, 0.1) is 0 Å². The van der Waals surface area contributed by atoms with Crippen LogP contribution in [0.15, 0.2) is 91.5 Å². The van der Waals surface area contributed by atoms with Gasteiger partial charge in [-0.05, 0) is 51.6 Å². The summed E-state index contributed by atoms with van der Waals surface area (Å²) in [7, 11) is 0. The largest absolute Gasteiger partial charge is 0.480 e. The summed E-state index contributed by atoms with van der Waals surface area (Å²) in [6.45, 7) is 0. The molecule has 3 N–H and O–H groups in total. The fourth-order valence-corrected chi connectivity index (χ4v) is 4.65. The second-order valence-electron chi connectivity index (χ2n) is 8.73. The standard InChI is InChI=1S/C28H25N3O4/c32-25-15-21-3-1-2-4-23(21)27(25)30-26(33)16-24(28(34)35)31-14-11-22(17-31)19-7-5-18(6-8-19)20-9-12-29-13-10-20/h1-14,17,24-25,27,32H,15-16H2,(H,30,33)(H,34,35)/t24?,25-,27-/m1/s1. The Balaban J connectivity index is 1.29. The van der Waals surface area contributed by atoms with Gasteiger partial charge in [0.2, 0.25) is 5.91 Å². The number of aliphatic hydroxyl groups is 1. The number of aromatic nitrogens is 2. The third-order valence-corrected chi connectivity index (χ3v) is 6.49. The van der Waals surface area contributed by atoms with E-state index in [-0.39, 0.29) is 6.42 Å². The Hall–Kier alpha value is -4.23. The first-order chi connectivity index (χ1) is 17.0. The molecular formula is C28H25N3O4. The molecular weight excluding hydrogens is 442 g/mol. The molecule has 7 nitrogen and oxygen atoms in total. The predicted molar refractivity (Wildman–Crippen MR) is 131 cm³/mol. The van der Waals surface area contributed by atoms with E-state index >= 15 is 0 Å². The molecule has 3 atom stereocenters. The normalized spacial score (nSPS) is 17.5. The monoisotopic (exact) mass is 467 g/mol. The molecule has 1 aliphatic rings. The van der Waals surface area contributed by atoms with Crippen molar-refractivity contribution >= 4 is 11.9 Å². The van der Waals surface area contributed by atoms with Crippen molar-refractivity contribution in [2.45, 2.75) is 31.0 Å². The van der Waals surface area contributed by atoms with Crippen LogP contribution in [-0.4, -0.2) is 37.7 Å². The van der Waals surface area contributed by atoms with Crippen LogP contribution in [0.4, 0.5) is 0 Å². The van der Waals surface area contributed by atoms with Gasteiger partial charge in [0.15, 0.2) is 0 Å². The van der Waals surface area contributed by atoms with Crippen molar-refractivity contribution in [3.63, 3.8) is 0 Å². The van der Waals surface area contributed by atoms with Gasteiger partial charge in [0.05, 0.1) is 18.6 Å². The van der Waals surface area contributed by atoms with Gasteiger partial charge in [-0.15, -0.1) is 0 Å². The van der Waals surface area contributed by atoms with Gasteiger partial charge in [-0.25, -0.2) is 4.79 Å². The fraction of sp³-hybridized carbons (Fsp3) is 0.179. The average Bonchev–Trinajstić information content (AvgIpc) is 3.48. The van der Waals surface area contributed by atoms with Crippen molar-refractivity contribution in [1.29, 1.82) is 0 Å². The zero-order valence-electron chi connectivity index (χ0n) is 18.9. The highest BCUT2D eigenvalue weighted by Gasteiger charge is 2.33. The van der Waals surface area contributed by atoms with Crippen LogP contribution in [0.1, 0.15) is 29.6 Å². The number of hydrogen-bond acceptors (Lipinski definition) is 4. The summed E-state index contributed by atoms with van der Waals surface area (Å²) in [5, 5.41) is 23.1. The number of carboxylic acids is 1. The molecule has 1 unspecified atom stereocenters. The Morgan fingerprint density at radius 2 is 1.60 bits per heavy atom. The minimum absolute atomic E-state index is 0.240. The average molecular weight is 468 g/mol. The highest BCUT2D eigenvalue weighted by atomic mass is 16.4. The highest BCUT2D eigenvalue weighted by molar-refractivity contribution is 5.84. The highest BCUT2D eigenvalue weighted by Crippen LogP contribution is 2.32. The number of amides is 1. The number of fused-ring (bicyclic) bond motifs is 1. The lowest BCUT2D eigenvalue weighted by Gasteiger charge is -2.20. The van der Waals surface area contributed by atoms with Gasteiger partial charge in [-0.3, -0.25) is 9.78 Å². The number of carboxylic acid groups (broad SMARTS) is 1. The summed E-state index contributed by atoms with van der Waals surface area (Å²) in [5.74, 6) is -1.52. The SMILES string of the molecule is O=C(CC(C(=O)O)n1ccc(-c2ccc(-c3ccncc3)cc2)c1)N[C@@H]1c2ccccc2C[C@H]1O. The van der Waals surface area contributed by atoms with Crippen molar-refractivity contribution in [3.05, 3.63) is 103 Å². The fourth-order valence-electron chi connectivity index (χ4n) is 4.65. The lowest BCUT2D eigenvalue weighted by atomic mass is 10.0. The molecule has 2 heterocycles. The Bertz CT molecular complexity index is 1350. The van der Waals surface area contributed by atoms with Crippen molar-refractivity contribution in [3.8, 4) is 22.3 Å². The van der Waals surface area contributed by atoms with E-state index < -0.39 is 30.1 Å². The number of aliphatic hydroxyl groups excluding tert-OH is 1. The van der Waals surface area contributed by atoms with Crippen molar-refractivity contribution in [2.24, 2.45) is 0 Å². The van der Waals surface area contributed by atoms with E-state index in [1.54, 1.807) is 29.4 Å². The second kappa shape index (κ2) is 9.56. The molecule has 0 aliphatic heterocycles. The number of carbonyl (C=O) groups excluding carboxylic acids is 1. The van der Waals surface area contributed by atoms with E-state index in [9.17, 15) is 19.8 Å². The maximum atomic E-state index is 12.8. The number of benzene rings is 2. The molecule has 0 saturated heterocycles. The lowest BCUT2D eigenvalue weighted by Crippen LogP contribution is -2.36. The van der Waals surface area contributed by atoms with Crippen LogP contribution in [-0.2, 0) is 16.0 Å². The number of pyridine rings is 1. The summed E-state index contributed by atoms with van der Waals surface area (Å²) in [4.78, 5) is 28.9. The summed E-state index contributed by atoms with van der Waals surface area (Å²) >= 11 is 0. The number of nitrogens with one attached hydrogen (secondary N) is 1. The van der Waals surface area contributed by atoms with Crippen LogP contribution in [0.3, 0.4) is 0 Å². The first-order valence-corrected chi connectivity index (χ1v) is 11.5. The second-order valence-corrected chi connectivity index (χ2v) is 8.73. The van der Waals surface area contributed by atoms with Gasteiger partial charge in [0.25, 0.3) is 0 Å². The molecule has 2 aromatic heterocycles. The number of rotatable bonds is 7. The van der Waals surface area contributed by atoms with E-state index in [0.717, 1.165) is 33.4 Å². The molecule has 2 aromatic carbocycles. The Labute approximate surface area is 202 Å². The third kappa shape index (κ3) is 4.72. The lowest BCUT2D eigenvalue weighted by molar-refractivity contribution is -0.143. The topological polar surface area (TPSA) is 104 Å². The molecule has 0 fully saturated rings. The minimum Gasteiger partial charge on any atom is -0.480 e. The van der Waals surface area contributed by atoms with Crippen LogP contribution in [0.5, 0.6) is 0 Å². The maximum Gasteiger partial charge on any atom is 0.327 e. The molecule has 35 heavy (non-hydrogen) atoms. The predicted octanol–water partition coefficient (Wildman–Crippen LogP) is 4.01. The van der Waals surface area contributed by atoms with E-state index in [4.69, 9.17) is 0 Å². The van der Waals surface area contributed by atoms with Gasteiger partial charge in [0.1, 0.15) is 6.04 Å². The van der Waals surface area contributed by atoms with Crippen molar-refractivity contribution in [2.75, 3.05) is 0 Å². The number of carbonyl (C=O) groups is 2. The van der Waals surface area contributed by atoms with Crippen LogP contribution in [0.2, 0.25) is 0 Å². The quantitative estimate of drug-likeness (QED) is 0.381. The maximum absolute atomic E-state index is 12.8. The minimum atomic E-state index is -1.09. The van der Waals surface area contributed by atoms with Gasteiger partial charge >= 0.3 is 5.97 Å². The first-order valence-electron chi connectivity index (χ1n) is 11.5. The molecule has 0 bridgehead atoms. The van der Waals surface area contributed by atoms with Crippen molar-refractivity contribution < 1.29 is 19.8 Å². The molecule has 5 rings (SSSR count). The van der Waals surface area contributed by atoms with E-state index in [1.165, 1.54) is 0 Å². The van der Waals surface area contributed by atoms with Crippen LogP contribution in [0.25, 0.3) is 22.3 Å². The van der Waals surface area contributed by atoms with Gasteiger partial charge in [-0.1, -0.05) is 48.5 Å². The molecule has 1 amide bonds. The molecule has 0 radical (unpaired) electrons. The summed E-state index contributed by atoms with van der Waals surface area (Å²) in [5.41, 5.74) is 5.80. The Morgan fingerprint density at radius 3 is 2.31 bits per heavy atom. The van der Waals surface area contributed by atoms with Crippen molar-refractivity contribution in [1.82, 2.24) is 14.9 Å². The summed E-state index contributed by atoms with van der Waals surface area (Å²) in [6, 6.07) is 19.7. The zero-order chi connectivity index (χ0) is 24.4. The Kier molecular flexibility index (Phi) is 6.16. The van der Waals surface area contributed by atoms with Gasteiger partial charge < -0.3 is 20.1 Å². The Morgan fingerprint density at radius 1 is 0.943 bits per heavy atom. The van der Waals surface area contributed by atoms with Gasteiger partial charge in [0, 0.05) is 31.2 Å². The molecule has 176 valence electrons. The van der Waals surface area contributed by atoms with Gasteiger partial charge in [-0.2, -0.15) is 0 Å². The molecule has 1 aliphatic carbocycles. The molecule has 7 heteroatoms. The molecule has 0 saturated carbocycles. The van der Waals surface area contributed by atoms with Crippen LogP contribution >= 0.6 is 0 Å². The summed E-state index contributed by atoms with van der Waals surface area (Å²) < 4.78 is 1.55. The van der Waals surface area contributed by atoms with E-state index in [1.807, 2.05) is 66.7 Å². The van der Waals surface area contributed by atoms with Crippen LogP contribution < -0.4 is 5.32 Å². The third-order valence-electron chi connectivity index (χ3n) is 6.49. The zero-order valence-corrected chi connectivity index (χ0v) is 18.9. The number of hydrogen-bond donors (Lipinski definition) is 3.